The van der Waals surface area contributed by atoms with E-state index in [1.54, 1.807) is 23.0 Å². The molecule has 2 aromatic heterocycles. The number of hydrogen-bond donors (Lipinski definition) is 1. The molecule has 1 N–H and O–H groups in total. The minimum Gasteiger partial charge on any atom is -0.492 e. The van der Waals surface area contributed by atoms with Crippen LogP contribution in [-0.2, 0) is 17.8 Å². The van der Waals surface area contributed by atoms with Gasteiger partial charge in [0.1, 0.15) is 11.2 Å². The summed E-state index contributed by atoms with van der Waals surface area (Å²) in [7, 11) is 1.46. The second-order valence-corrected chi connectivity index (χ2v) is 10.2. The molecule has 1 saturated heterocycles. The van der Waals surface area contributed by atoms with E-state index in [9.17, 15) is 14.7 Å². The molecule has 0 radical (unpaired) electrons. The van der Waals surface area contributed by atoms with Crippen molar-refractivity contribution in [3.8, 4) is 11.4 Å². The molecule has 0 unspecified atom stereocenters. The number of methoxy groups -OCH3 is 1. The molecule has 2 aromatic carbocycles. The maximum absolute atomic E-state index is 15.9. The van der Waals surface area contributed by atoms with Gasteiger partial charge in [0.2, 0.25) is 5.95 Å². The van der Waals surface area contributed by atoms with E-state index in [-0.39, 0.29) is 22.4 Å². The summed E-state index contributed by atoms with van der Waals surface area (Å²) in [6.45, 7) is 9.00. The maximum atomic E-state index is 15.9. The number of nitrogens with zero attached hydrogens (tertiary/aromatic N) is 6. The predicted molar refractivity (Wildman–Crippen MR) is 160 cm³/mol. The van der Waals surface area contributed by atoms with E-state index in [4.69, 9.17) is 4.74 Å². The van der Waals surface area contributed by atoms with Crippen LogP contribution in [-0.4, -0.2) is 76.9 Å². The molecule has 1 aliphatic rings. The molecule has 4 aromatic rings. The van der Waals surface area contributed by atoms with E-state index >= 15 is 4.39 Å². The zero-order chi connectivity index (χ0) is 29.8. The highest BCUT2D eigenvalue weighted by Gasteiger charge is 2.28. The second-order valence-electron chi connectivity index (χ2n) is 10.2. The number of halogens is 1. The molecule has 220 valence electrons. The molecule has 10 nitrogen and oxygen atoms in total. The Labute approximate surface area is 243 Å². The molecule has 5 rings (SSSR count). The fourth-order valence-corrected chi connectivity index (χ4v) is 5.50. The number of hydrogen-bond acceptors (Lipinski definition) is 8. The minimum atomic E-state index is -1.14. The smallest absolute Gasteiger partial charge is 0.308 e. The van der Waals surface area contributed by atoms with E-state index in [2.05, 4.69) is 28.7 Å². The number of anilines is 2. The summed E-state index contributed by atoms with van der Waals surface area (Å²) in [5, 5.41) is 9.56. The number of aliphatic carboxylic acids is 1. The predicted octanol–water partition coefficient (Wildman–Crippen LogP) is 3.72. The van der Waals surface area contributed by atoms with Crippen molar-refractivity contribution in [3.05, 3.63) is 82.2 Å². The number of piperazine rings is 1. The van der Waals surface area contributed by atoms with Gasteiger partial charge >= 0.3 is 5.97 Å². The van der Waals surface area contributed by atoms with Gasteiger partial charge in [0.25, 0.3) is 0 Å². The number of benzene rings is 2. The average Bonchev–Trinajstić information content (AvgIpc) is 3.01. The number of ether oxygens (including phenoxy) is 1. The molecular formula is C31H35FN6O4. The van der Waals surface area contributed by atoms with Gasteiger partial charge in [0.05, 0.1) is 18.9 Å². The van der Waals surface area contributed by atoms with Crippen LogP contribution in [0, 0.1) is 5.82 Å². The number of carboxylic acid groups (broad SMARTS) is 1. The number of carboxylic acids is 1. The molecule has 1 aliphatic heterocycles. The first-order chi connectivity index (χ1) is 20.3. The standard InChI is InChI=1S/C31H35FN6O4/c1-4-35(5-2)19-21-7-9-23(10-8-21)38-20-22(17-26(39)40)29(41)24-18-25(32)28(30(42-3)27(24)38)36-13-15-37(16-14-36)31-33-11-6-12-34-31/h6-12,18,20H,4-5,13-17,19H2,1-3H3,(H,39,40). The lowest BCUT2D eigenvalue weighted by Gasteiger charge is -2.37. The number of fused-ring (bicyclic) bond motifs is 1. The van der Waals surface area contributed by atoms with Gasteiger partial charge in [-0.3, -0.25) is 14.5 Å². The lowest BCUT2D eigenvalue weighted by atomic mass is 10.0. The van der Waals surface area contributed by atoms with Crippen molar-refractivity contribution in [2.75, 3.05) is 56.2 Å². The van der Waals surface area contributed by atoms with Gasteiger partial charge in [-0.25, -0.2) is 14.4 Å². The number of rotatable bonds is 10. The third kappa shape index (κ3) is 5.78. The van der Waals surface area contributed by atoms with Gasteiger partial charge < -0.3 is 24.2 Å². The van der Waals surface area contributed by atoms with Crippen LogP contribution in [0.25, 0.3) is 16.6 Å². The molecule has 0 atom stereocenters. The topological polar surface area (TPSA) is 104 Å². The van der Waals surface area contributed by atoms with Crippen LogP contribution in [0.5, 0.6) is 5.75 Å². The Bertz CT molecular complexity index is 1620. The Kier molecular flexibility index (Phi) is 8.67. The molecule has 0 bridgehead atoms. The lowest BCUT2D eigenvalue weighted by Crippen LogP contribution is -2.47. The monoisotopic (exact) mass is 574 g/mol. The summed E-state index contributed by atoms with van der Waals surface area (Å²) >= 11 is 0. The van der Waals surface area contributed by atoms with Crippen molar-refractivity contribution in [1.29, 1.82) is 0 Å². The third-order valence-corrected chi connectivity index (χ3v) is 7.74. The molecule has 0 saturated carbocycles. The van der Waals surface area contributed by atoms with Crippen molar-refractivity contribution < 1.29 is 19.0 Å². The SMILES string of the molecule is CCN(CC)Cc1ccc(-n2cc(CC(=O)O)c(=O)c3cc(F)c(N4CCN(c5ncccn5)CC4)c(OC)c32)cc1. The van der Waals surface area contributed by atoms with E-state index in [1.807, 2.05) is 34.1 Å². The van der Waals surface area contributed by atoms with Crippen LogP contribution in [0.1, 0.15) is 25.0 Å². The Morgan fingerprint density at radius 1 is 1.05 bits per heavy atom. The quantitative estimate of drug-likeness (QED) is 0.304. The van der Waals surface area contributed by atoms with E-state index < -0.39 is 23.6 Å². The van der Waals surface area contributed by atoms with Crippen LogP contribution in [0.3, 0.4) is 0 Å². The van der Waals surface area contributed by atoms with Crippen molar-refractivity contribution in [1.82, 2.24) is 19.4 Å². The molecular weight excluding hydrogens is 539 g/mol. The van der Waals surface area contributed by atoms with Crippen LogP contribution < -0.4 is 20.0 Å². The van der Waals surface area contributed by atoms with Crippen LogP contribution in [0.2, 0.25) is 0 Å². The van der Waals surface area contributed by atoms with Crippen LogP contribution in [0.4, 0.5) is 16.0 Å². The minimum absolute atomic E-state index is 0.0629. The van der Waals surface area contributed by atoms with Crippen molar-refractivity contribution in [2.24, 2.45) is 0 Å². The third-order valence-electron chi connectivity index (χ3n) is 7.74. The van der Waals surface area contributed by atoms with Gasteiger partial charge in [-0.05, 0) is 42.9 Å². The first-order valence-corrected chi connectivity index (χ1v) is 14.1. The van der Waals surface area contributed by atoms with E-state index in [1.165, 1.54) is 19.4 Å². The highest BCUT2D eigenvalue weighted by atomic mass is 19.1. The Hall–Kier alpha value is -4.51. The molecule has 1 fully saturated rings. The molecule has 0 amide bonds. The number of carbonyl (C=O) groups is 1. The highest BCUT2D eigenvalue weighted by molar-refractivity contribution is 5.93. The molecule has 0 spiro atoms. The van der Waals surface area contributed by atoms with Crippen LogP contribution >= 0.6 is 0 Å². The van der Waals surface area contributed by atoms with Crippen LogP contribution in [0.15, 0.2) is 59.8 Å². The first-order valence-electron chi connectivity index (χ1n) is 14.1. The van der Waals surface area contributed by atoms with Gasteiger partial charge in [-0.15, -0.1) is 0 Å². The summed E-state index contributed by atoms with van der Waals surface area (Å²) in [5.74, 6) is -0.903. The summed E-state index contributed by atoms with van der Waals surface area (Å²) in [5.41, 5.74) is 2.01. The number of aromatic nitrogens is 3. The Morgan fingerprint density at radius 3 is 2.29 bits per heavy atom. The largest absolute Gasteiger partial charge is 0.492 e. The summed E-state index contributed by atoms with van der Waals surface area (Å²) in [6, 6.07) is 10.8. The van der Waals surface area contributed by atoms with Gasteiger partial charge in [-0.2, -0.15) is 0 Å². The Morgan fingerprint density at radius 2 is 1.69 bits per heavy atom. The molecule has 42 heavy (non-hydrogen) atoms. The van der Waals surface area contributed by atoms with Crippen molar-refractivity contribution >= 4 is 28.5 Å². The Balaban J connectivity index is 1.61. The zero-order valence-electron chi connectivity index (χ0n) is 24.1. The molecule has 3 heterocycles. The fourth-order valence-electron chi connectivity index (χ4n) is 5.50. The number of pyridine rings is 1. The molecule has 0 aliphatic carbocycles. The summed E-state index contributed by atoms with van der Waals surface area (Å²) < 4.78 is 23.5. The van der Waals surface area contributed by atoms with Gasteiger partial charge in [0, 0.05) is 62.6 Å². The highest BCUT2D eigenvalue weighted by Crippen LogP contribution is 2.39. The lowest BCUT2D eigenvalue weighted by molar-refractivity contribution is -0.136. The normalized spacial score (nSPS) is 13.6. The maximum Gasteiger partial charge on any atom is 0.308 e. The summed E-state index contributed by atoms with van der Waals surface area (Å²) in [6.07, 6.45) is 4.43. The first kappa shape index (κ1) is 29.0. The van der Waals surface area contributed by atoms with E-state index in [0.29, 0.717) is 43.3 Å². The zero-order valence-corrected chi connectivity index (χ0v) is 24.1. The average molecular weight is 575 g/mol. The summed E-state index contributed by atoms with van der Waals surface area (Å²) in [4.78, 5) is 40.0. The van der Waals surface area contributed by atoms with E-state index in [0.717, 1.165) is 25.2 Å². The van der Waals surface area contributed by atoms with Crippen molar-refractivity contribution in [2.45, 2.75) is 26.8 Å². The second kappa shape index (κ2) is 12.6. The van der Waals surface area contributed by atoms with Gasteiger partial charge in [0.15, 0.2) is 17.0 Å². The van der Waals surface area contributed by atoms with Crippen molar-refractivity contribution in [3.63, 3.8) is 0 Å². The molecule has 11 heteroatoms. The fraction of sp³-hybridized carbons (Fsp3) is 0.355. The van der Waals surface area contributed by atoms with Gasteiger partial charge in [-0.1, -0.05) is 26.0 Å².